The van der Waals surface area contributed by atoms with Crippen molar-refractivity contribution in [3.05, 3.63) is 29.6 Å². The van der Waals surface area contributed by atoms with Gasteiger partial charge in [-0.15, -0.1) is 0 Å². The molecule has 2 aromatic rings. The Labute approximate surface area is 176 Å². The zero-order chi connectivity index (χ0) is 21.9. The molecule has 8 N–H and O–H groups in total. The monoisotopic (exact) mass is 412 g/mol. The molecule has 1 aromatic carbocycles. The highest BCUT2D eigenvalue weighted by atomic mass is 16.2. The Kier molecular flexibility index (Phi) is 6.40. The van der Waals surface area contributed by atoms with E-state index in [0.717, 1.165) is 36.6 Å². The van der Waals surface area contributed by atoms with Crippen LogP contribution in [0.1, 0.15) is 55.7 Å². The first-order chi connectivity index (χ1) is 14.2. The summed E-state index contributed by atoms with van der Waals surface area (Å²) >= 11 is 0. The fourth-order valence-electron chi connectivity index (χ4n) is 3.67. The van der Waals surface area contributed by atoms with Gasteiger partial charge in [0.1, 0.15) is 5.82 Å². The van der Waals surface area contributed by atoms with Crippen LogP contribution in [0.25, 0.3) is 10.9 Å². The quantitative estimate of drug-likeness (QED) is 0.354. The van der Waals surface area contributed by atoms with Crippen LogP contribution < -0.4 is 27.8 Å². The van der Waals surface area contributed by atoms with Gasteiger partial charge in [0.05, 0.1) is 17.6 Å². The molecule has 1 heterocycles. The lowest BCUT2D eigenvalue weighted by Crippen LogP contribution is -2.49. The molecule has 1 saturated carbocycles. The molecule has 1 aromatic heterocycles. The largest absolute Gasteiger partial charge is 0.370 e. The Morgan fingerprint density at radius 3 is 2.67 bits per heavy atom. The van der Waals surface area contributed by atoms with E-state index in [1.54, 1.807) is 0 Å². The van der Waals surface area contributed by atoms with Gasteiger partial charge in [0.15, 0.2) is 5.96 Å². The molecule has 9 heteroatoms. The van der Waals surface area contributed by atoms with Crippen LogP contribution in [0.4, 0.5) is 5.82 Å². The summed E-state index contributed by atoms with van der Waals surface area (Å²) in [5.41, 5.74) is 18.2. The second-order valence-corrected chi connectivity index (χ2v) is 8.62. The van der Waals surface area contributed by atoms with Crippen LogP contribution in [0.2, 0.25) is 0 Å². The zero-order valence-electron chi connectivity index (χ0n) is 17.9. The lowest BCUT2D eigenvalue weighted by Gasteiger charge is -2.30. The molecule has 1 aliphatic carbocycles. The second-order valence-electron chi connectivity index (χ2n) is 8.62. The summed E-state index contributed by atoms with van der Waals surface area (Å²) in [6.07, 6.45) is 3.97. The number of hydrogen-bond donors (Lipinski definition) is 5. The first-order valence-corrected chi connectivity index (χ1v) is 10.3. The molecule has 1 aliphatic rings. The van der Waals surface area contributed by atoms with Gasteiger partial charge >= 0.3 is 0 Å². The van der Waals surface area contributed by atoms with Crippen LogP contribution in [0.3, 0.4) is 0 Å². The van der Waals surface area contributed by atoms with Crippen molar-refractivity contribution < 1.29 is 4.79 Å². The number of amides is 1. The van der Waals surface area contributed by atoms with Gasteiger partial charge in [0.2, 0.25) is 5.82 Å². The minimum atomic E-state index is -0.557. The van der Waals surface area contributed by atoms with Gasteiger partial charge in [-0.2, -0.15) is 0 Å². The maximum atomic E-state index is 12.8. The second kappa shape index (κ2) is 8.83. The van der Waals surface area contributed by atoms with Gasteiger partial charge in [0.25, 0.3) is 5.91 Å². The Balaban J connectivity index is 2.00. The van der Waals surface area contributed by atoms with Crippen molar-refractivity contribution in [3.8, 4) is 0 Å². The van der Waals surface area contributed by atoms with Crippen molar-refractivity contribution in [1.82, 2.24) is 15.3 Å². The number of nitrogens with zero attached hydrogens (tertiary/aromatic N) is 3. The average molecular weight is 413 g/mol. The predicted octanol–water partition coefficient (Wildman–Crippen LogP) is 1.40. The SMILES string of the molecule is Cc1ccc2nc(C(=O)NC(C)(C)CN)nc(N[C@H]3CCCC[C@H]3N=C(N)N)c2c1. The number of aliphatic imine (C=N–C) groups is 1. The summed E-state index contributed by atoms with van der Waals surface area (Å²) in [6, 6.07) is 5.87. The molecule has 1 fully saturated rings. The molecular weight excluding hydrogens is 380 g/mol. The summed E-state index contributed by atoms with van der Waals surface area (Å²) in [5, 5.41) is 7.26. The molecule has 162 valence electrons. The van der Waals surface area contributed by atoms with Crippen LogP contribution in [0.15, 0.2) is 23.2 Å². The van der Waals surface area contributed by atoms with Gasteiger partial charge in [-0.25, -0.2) is 15.0 Å². The average Bonchev–Trinajstić information content (AvgIpc) is 2.69. The summed E-state index contributed by atoms with van der Waals surface area (Å²) in [5.74, 6) is 0.438. The number of nitrogens with one attached hydrogen (secondary N) is 2. The van der Waals surface area contributed by atoms with E-state index in [9.17, 15) is 4.79 Å². The fraction of sp³-hybridized carbons (Fsp3) is 0.524. The van der Waals surface area contributed by atoms with Crippen LogP contribution >= 0.6 is 0 Å². The number of guanidine groups is 1. The lowest BCUT2D eigenvalue weighted by molar-refractivity contribution is 0.0905. The number of hydrogen-bond acceptors (Lipinski definition) is 6. The lowest BCUT2D eigenvalue weighted by atomic mass is 9.90. The van der Waals surface area contributed by atoms with Gasteiger partial charge in [-0.3, -0.25) is 4.79 Å². The maximum Gasteiger partial charge on any atom is 0.289 e. The van der Waals surface area contributed by atoms with Crippen molar-refractivity contribution in [2.45, 2.75) is 64.1 Å². The van der Waals surface area contributed by atoms with Crippen molar-refractivity contribution in [2.75, 3.05) is 11.9 Å². The number of carbonyl (C=O) groups is 1. The molecular formula is C21H32N8O. The minimum Gasteiger partial charge on any atom is -0.370 e. The maximum absolute atomic E-state index is 12.8. The van der Waals surface area contributed by atoms with E-state index in [2.05, 4.69) is 25.6 Å². The molecule has 0 spiro atoms. The number of benzene rings is 1. The number of aromatic nitrogens is 2. The van der Waals surface area contributed by atoms with Crippen molar-refractivity contribution in [3.63, 3.8) is 0 Å². The van der Waals surface area contributed by atoms with Gasteiger partial charge in [0, 0.05) is 17.5 Å². The Hall–Kier alpha value is -2.94. The van der Waals surface area contributed by atoms with Crippen LogP contribution in [0.5, 0.6) is 0 Å². The highest BCUT2D eigenvalue weighted by Gasteiger charge is 2.27. The summed E-state index contributed by atoms with van der Waals surface area (Å²) in [7, 11) is 0. The van der Waals surface area contributed by atoms with Gasteiger partial charge < -0.3 is 27.8 Å². The van der Waals surface area contributed by atoms with Crippen LogP contribution in [-0.4, -0.2) is 46.0 Å². The third-order valence-electron chi connectivity index (χ3n) is 5.38. The van der Waals surface area contributed by atoms with Crippen molar-refractivity contribution in [2.24, 2.45) is 22.2 Å². The van der Waals surface area contributed by atoms with E-state index in [0.29, 0.717) is 17.9 Å². The highest BCUT2D eigenvalue weighted by molar-refractivity contribution is 5.97. The molecule has 1 amide bonds. The standard InChI is InChI=1S/C21H32N8O/c1-12-8-9-14-13(10-12)17(26-15-6-4-5-7-16(15)27-20(23)24)28-18(25-14)19(30)29-21(2,3)11-22/h8-10,15-16H,4-7,11,22H2,1-3H3,(H,29,30)(H4,23,24,27)(H,25,26,28)/t15-,16+/m0/s1. The molecule has 3 rings (SSSR count). The smallest absolute Gasteiger partial charge is 0.289 e. The number of fused-ring (bicyclic) bond motifs is 1. The van der Waals surface area contributed by atoms with Crippen LogP contribution in [0, 0.1) is 6.92 Å². The van der Waals surface area contributed by atoms with Gasteiger partial charge in [-0.1, -0.05) is 24.5 Å². The zero-order valence-corrected chi connectivity index (χ0v) is 17.9. The minimum absolute atomic E-state index is 0.0239. The van der Waals surface area contributed by atoms with E-state index in [1.165, 1.54) is 0 Å². The van der Waals surface area contributed by atoms with Crippen LogP contribution in [-0.2, 0) is 0 Å². The van der Waals surface area contributed by atoms with E-state index in [-0.39, 0.29) is 29.8 Å². The molecule has 0 aliphatic heterocycles. The summed E-state index contributed by atoms with van der Waals surface area (Å²) < 4.78 is 0. The molecule has 0 saturated heterocycles. The number of anilines is 1. The van der Waals surface area contributed by atoms with Crippen molar-refractivity contribution in [1.29, 1.82) is 0 Å². The highest BCUT2D eigenvalue weighted by Crippen LogP contribution is 2.28. The predicted molar refractivity (Wildman–Crippen MR) is 120 cm³/mol. The van der Waals surface area contributed by atoms with E-state index in [1.807, 2.05) is 39.0 Å². The number of rotatable bonds is 6. The Morgan fingerprint density at radius 2 is 1.97 bits per heavy atom. The van der Waals surface area contributed by atoms with E-state index in [4.69, 9.17) is 17.2 Å². The molecule has 30 heavy (non-hydrogen) atoms. The molecule has 0 unspecified atom stereocenters. The number of aryl methyl sites for hydroxylation is 1. The Morgan fingerprint density at radius 1 is 1.23 bits per heavy atom. The van der Waals surface area contributed by atoms with E-state index >= 15 is 0 Å². The molecule has 9 nitrogen and oxygen atoms in total. The first kappa shape index (κ1) is 21.8. The van der Waals surface area contributed by atoms with Gasteiger partial charge in [-0.05, 0) is 45.7 Å². The summed E-state index contributed by atoms with van der Waals surface area (Å²) in [4.78, 5) is 26.3. The fourth-order valence-corrected chi connectivity index (χ4v) is 3.67. The number of nitrogens with two attached hydrogens (primary N) is 3. The molecule has 0 radical (unpaired) electrons. The molecule has 0 bridgehead atoms. The summed E-state index contributed by atoms with van der Waals surface area (Å²) in [6.45, 7) is 6.03. The first-order valence-electron chi connectivity index (χ1n) is 10.3. The topological polar surface area (TPSA) is 157 Å². The Bertz CT molecular complexity index is 951. The van der Waals surface area contributed by atoms with Crippen molar-refractivity contribution >= 4 is 28.6 Å². The normalized spacial score (nSPS) is 19.3. The number of carbonyl (C=O) groups excluding carboxylic acids is 1. The third kappa shape index (κ3) is 5.15. The van der Waals surface area contributed by atoms with E-state index < -0.39 is 5.54 Å². The third-order valence-corrected chi connectivity index (χ3v) is 5.38. The molecule has 2 atom stereocenters.